The lowest BCUT2D eigenvalue weighted by atomic mass is 9.90. The quantitative estimate of drug-likeness (QED) is 0.771. The second kappa shape index (κ2) is 4.03. The Labute approximate surface area is 89.1 Å². The number of nitrogens with one attached hydrogen (secondary N) is 1. The first-order valence-corrected chi connectivity index (χ1v) is 5.25. The number of aliphatic hydroxyl groups is 1. The molecule has 1 aliphatic rings. The Bertz CT molecular complexity index is 387. The summed E-state index contributed by atoms with van der Waals surface area (Å²) in [5.41, 5.74) is 3.23. The number of hydrogen-bond acceptors (Lipinski definition) is 2. The van der Waals surface area contributed by atoms with E-state index in [1.807, 2.05) is 25.1 Å². The molecule has 0 aliphatic carbocycles. The lowest BCUT2D eigenvalue weighted by Crippen LogP contribution is -2.20. The van der Waals surface area contributed by atoms with Gasteiger partial charge in [0.1, 0.15) is 0 Å². The van der Waals surface area contributed by atoms with E-state index in [0.29, 0.717) is 6.42 Å². The summed E-state index contributed by atoms with van der Waals surface area (Å²) in [7, 11) is 0. The number of rotatable bonds is 2. The number of hydrogen-bond donors (Lipinski definition) is 2. The lowest BCUT2D eigenvalue weighted by molar-refractivity contribution is -0.116. The van der Waals surface area contributed by atoms with Crippen LogP contribution in [0.2, 0.25) is 0 Å². The molecular weight excluding hydrogens is 190 g/mol. The first-order valence-electron chi connectivity index (χ1n) is 5.25. The van der Waals surface area contributed by atoms with Gasteiger partial charge in [-0.3, -0.25) is 4.79 Å². The summed E-state index contributed by atoms with van der Waals surface area (Å²) in [6.07, 6.45) is 1.32. The van der Waals surface area contributed by atoms with Gasteiger partial charge < -0.3 is 10.4 Å². The largest absolute Gasteiger partial charge is 0.396 e. The normalized spacial score (nSPS) is 16.8. The number of amides is 1. The summed E-state index contributed by atoms with van der Waals surface area (Å²) >= 11 is 0. The molecule has 0 saturated carbocycles. The van der Waals surface area contributed by atoms with Crippen molar-refractivity contribution in [3.8, 4) is 0 Å². The van der Waals surface area contributed by atoms with Crippen LogP contribution in [0.15, 0.2) is 18.2 Å². The fraction of sp³-hybridized carbons (Fsp3) is 0.417. The van der Waals surface area contributed by atoms with Gasteiger partial charge in [-0.05, 0) is 23.6 Å². The SMILES string of the molecule is CC(CO)c1cccc2c1CCC(=O)N2. The summed E-state index contributed by atoms with van der Waals surface area (Å²) in [4.78, 5) is 11.2. The van der Waals surface area contributed by atoms with E-state index < -0.39 is 0 Å². The standard InChI is InChI=1S/C12H15NO2/c1-8(7-14)9-3-2-4-11-10(9)5-6-12(15)13-11/h2-4,8,14H,5-7H2,1H3,(H,13,15). The van der Waals surface area contributed by atoms with Crippen molar-refractivity contribution in [2.75, 3.05) is 11.9 Å². The molecule has 0 radical (unpaired) electrons. The van der Waals surface area contributed by atoms with Gasteiger partial charge in [0.15, 0.2) is 0 Å². The number of aliphatic hydroxyl groups excluding tert-OH is 1. The van der Waals surface area contributed by atoms with Crippen LogP contribution in [0, 0.1) is 0 Å². The molecule has 3 heteroatoms. The van der Waals surface area contributed by atoms with Gasteiger partial charge in [-0.15, -0.1) is 0 Å². The molecule has 0 aromatic heterocycles. The third-order valence-electron chi connectivity index (χ3n) is 2.89. The van der Waals surface area contributed by atoms with E-state index >= 15 is 0 Å². The second-order valence-electron chi connectivity index (χ2n) is 4.01. The van der Waals surface area contributed by atoms with Crippen LogP contribution in [-0.4, -0.2) is 17.6 Å². The summed E-state index contributed by atoms with van der Waals surface area (Å²) < 4.78 is 0. The number of fused-ring (bicyclic) bond motifs is 1. The van der Waals surface area contributed by atoms with E-state index in [2.05, 4.69) is 5.32 Å². The van der Waals surface area contributed by atoms with Crippen molar-refractivity contribution in [2.24, 2.45) is 0 Å². The molecule has 1 heterocycles. The Morgan fingerprint density at radius 1 is 1.47 bits per heavy atom. The zero-order valence-electron chi connectivity index (χ0n) is 8.79. The van der Waals surface area contributed by atoms with E-state index in [0.717, 1.165) is 17.7 Å². The Balaban J connectivity index is 2.41. The number of benzene rings is 1. The highest BCUT2D eigenvalue weighted by atomic mass is 16.3. The van der Waals surface area contributed by atoms with Crippen LogP contribution in [0.4, 0.5) is 5.69 Å². The first kappa shape index (κ1) is 10.2. The maximum absolute atomic E-state index is 11.2. The van der Waals surface area contributed by atoms with Gasteiger partial charge in [0, 0.05) is 24.6 Å². The van der Waals surface area contributed by atoms with Gasteiger partial charge in [-0.2, -0.15) is 0 Å². The molecule has 0 spiro atoms. The summed E-state index contributed by atoms with van der Waals surface area (Å²) in [6, 6.07) is 5.86. The average Bonchev–Trinajstić information content (AvgIpc) is 2.26. The van der Waals surface area contributed by atoms with E-state index in [1.54, 1.807) is 0 Å². The van der Waals surface area contributed by atoms with Gasteiger partial charge >= 0.3 is 0 Å². The summed E-state index contributed by atoms with van der Waals surface area (Å²) in [5.74, 6) is 0.214. The van der Waals surface area contributed by atoms with Gasteiger partial charge in [-0.25, -0.2) is 0 Å². The molecule has 3 nitrogen and oxygen atoms in total. The topological polar surface area (TPSA) is 49.3 Å². The highest BCUT2D eigenvalue weighted by Gasteiger charge is 2.19. The third-order valence-corrected chi connectivity index (χ3v) is 2.89. The molecule has 1 aromatic rings. The third kappa shape index (κ3) is 1.88. The fourth-order valence-electron chi connectivity index (χ4n) is 2.01. The number of anilines is 1. The highest BCUT2D eigenvalue weighted by molar-refractivity contribution is 5.94. The van der Waals surface area contributed by atoms with Crippen LogP contribution < -0.4 is 5.32 Å². The smallest absolute Gasteiger partial charge is 0.224 e. The summed E-state index contributed by atoms with van der Waals surface area (Å²) in [5, 5.41) is 12.0. The molecule has 1 aliphatic heterocycles. The zero-order valence-corrected chi connectivity index (χ0v) is 8.79. The first-order chi connectivity index (χ1) is 7.22. The van der Waals surface area contributed by atoms with E-state index in [9.17, 15) is 4.79 Å². The second-order valence-corrected chi connectivity index (χ2v) is 4.01. The molecular formula is C12H15NO2. The molecule has 1 atom stereocenters. The minimum atomic E-state index is 0.0799. The molecule has 2 N–H and O–H groups in total. The Morgan fingerprint density at radius 3 is 3.00 bits per heavy atom. The molecule has 0 saturated heterocycles. The lowest BCUT2D eigenvalue weighted by Gasteiger charge is -2.22. The van der Waals surface area contributed by atoms with Crippen LogP contribution in [-0.2, 0) is 11.2 Å². The molecule has 1 amide bonds. The van der Waals surface area contributed by atoms with Crippen LogP contribution >= 0.6 is 0 Å². The minimum absolute atomic E-state index is 0.0799. The predicted molar refractivity (Wildman–Crippen MR) is 58.9 cm³/mol. The van der Waals surface area contributed by atoms with E-state index in [-0.39, 0.29) is 18.4 Å². The van der Waals surface area contributed by atoms with Crippen LogP contribution in [0.25, 0.3) is 0 Å². The molecule has 0 fully saturated rings. The van der Waals surface area contributed by atoms with Crippen molar-refractivity contribution in [3.63, 3.8) is 0 Å². The van der Waals surface area contributed by atoms with Gasteiger partial charge in [-0.1, -0.05) is 19.1 Å². The van der Waals surface area contributed by atoms with Crippen molar-refractivity contribution in [2.45, 2.75) is 25.7 Å². The van der Waals surface area contributed by atoms with Crippen molar-refractivity contribution in [1.82, 2.24) is 0 Å². The average molecular weight is 205 g/mol. The number of carbonyl (C=O) groups is 1. The molecule has 1 unspecified atom stereocenters. The van der Waals surface area contributed by atoms with Gasteiger partial charge in [0.25, 0.3) is 0 Å². The molecule has 15 heavy (non-hydrogen) atoms. The maximum atomic E-state index is 11.2. The Hall–Kier alpha value is -1.35. The van der Waals surface area contributed by atoms with Gasteiger partial charge in [0.2, 0.25) is 5.91 Å². The van der Waals surface area contributed by atoms with E-state index in [4.69, 9.17) is 5.11 Å². The van der Waals surface area contributed by atoms with Crippen LogP contribution in [0.3, 0.4) is 0 Å². The minimum Gasteiger partial charge on any atom is -0.396 e. The Kier molecular flexibility index (Phi) is 2.73. The highest BCUT2D eigenvalue weighted by Crippen LogP contribution is 2.30. The molecule has 80 valence electrons. The summed E-state index contributed by atoms with van der Waals surface area (Å²) in [6.45, 7) is 2.14. The van der Waals surface area contributed by atoms with Gasteiger partial charge in [0.05, 0.1) is 0 Å². The van der Waals surface area contributed by atoms with E-state index in [1.165, 1.54) is 5.56 Å². The van der Waals surface area contributed by atoms with Crippen molar-refractivity contribution in [3.05, 3.63) is 29.3 Å². The predicted octanol–water partition coefficient (Wildman–Crippen LogP) is 1.67. The van der Waals surface area contributed by atoms with Crippen molar-refractivity contribution >= 4 is 11.6 Å². The fourth-order valence-corrected chi connectivity index (χ4v) is 2.01. The monoisotopic (exact) mass is 205 g/mol. The van der Waals surface area contributed by atoms with Crippen molar-refractivity contribution in [1.29, 1.82) is 0 Å². The van der Waals surface area contributed by atoms with Crippen molar-refractivity contribution < 1.29 is 9.90 Å². The Morgan fingerprint density at radius 2 is 2.27 bits per heavy atom. The zero-order chi connectivity index (χ0) is 10.8. The number of carbonyl (C=O) groups excluding carboxylic acids is 1. The van der Waals surface area contributed by atoms with Crippen LogP contribution in [0.5, 0.6) is 0 Å². The maximum Gasteiger partial charge on any atom is 0.224 e. The van der Waals surface area contributed by atoms with Crippen LogP contribution in [0.1, 0.15) is 30.4 Å². The molecule has 0 bridgehead atoms. The molecule has 1 aromatic carbocycles. The molecule has 2 rings (SSSR count).